The molecule has 0 amide bonds. The number of rotatable bonds is 0. The molecule has 0 saturated heterocycles. The van der Waals surface area contributed by atoms with Gasteiger partial charge in [0.25, 0.3) is 0 Å². The molecule has 0 aromatic heterocycles. The predicted octanol–water partition coefficient (Wildman–Crippen LogP) is 1.51. The molecule has 1 rings (SSSR count). The molecular weight excluding hydrogens is 269 g/mol. The second-order valence-corrected chi connectivity index (χ2v) is 1.92. The Morgan fingerprint density at radius 3 is 2.00 bits per heavy atom. The van der Waals surface area contributed by atoms with E-state index >= 15 is 0 Å². The second kappa shape index (κ2) is 3.09. The van der Waals surface area contributed by atoms with Crippen LogP contribution in [0.1, 0.15) is 12.8 Å². The van der Waals surface area contributed by atoms with Crippen molar-refractivity contribution < 1.29 is 48.7 Å². The fourth-order valence-electron chi connectivity index (χ4n) is 0.652. The van der Waals surface area contributed by atoms with Crippen molar-refractivity contribution in [1.29, 1.82) is 5.26 Å². The van der Waals surface area contributed by atoms with Crippen molar-refractivity contribution in [2.24, 2.45) is 0 Å². The Kier molecular flexibility index (Phi) is 3.28. The molecule has 0 aromatic rings. The zero-order valence-electron chi connectivity index (χ0n) is 4.47. The number of nitriles is 1. The molecule has 1 saturated carbocycles. The van der Waals surface area contributed by atoms with E-state index in [1.165, 1.54) is 0 Å². The molecule has 0 atom stereocenters. The van der Waals surface area contributed by atoms with Gasteiger partial charge in [-0.3, -0.25) is 5.92 Å². The summed E-state index contributed by atoms with van der Waals surface area (Å²) in [6.45, 7) is 0. The van der Waals surface area contributed by atoms with Crippen LogP contribution >= 0.6 is 0 Å². The summed E-state index contributed by atoms with van der Waals surface area (Å²) in [5.41, 5.74) is 0. The van der Waals surface area contributed by atoms with Crippen LogP contribution in [0.3, 0.4) is 0 Å². The number of halogens is 2. The molecule has 0 radical (unpaired) electrons. The van der Waals surface area contributed by atoms with E-state index in [9.17, 15) is 8.78 Å². The van der Waals surface area contributed by atoms with Gasteiger partial charge in [-0.2, -0.15) is 0 Å². The molecule has 0 heterocycles. The van der Waals surface area contributed by atoms with E-state index in [0.29, 0.717) is 5.92 Å². The predicted molar refractivity (Wildman–Crippen MR) is 23.0 cm³/mol. The first-order valence-corrected chi connectivity index (χ1v) is 2.27. The maximum atomic E-state index is 11.8. The van der Waals surface area contributed by atoms with E-state index < -0.39 is 5.92 Å². The Balaban J connectivity index is 0.000000640. The van der Waals surface area contributed by atoms with Gasteiger partial charge >= 0.3 is 0 Å². The first kappa shape index (κ1) is 9.54. The SMILES string of the molecule is N#C[C-]1CC(F)(F)C1.[Gd]. The first-order valence-electron chi connectivity index (χ1n) is 2.27. The van der Waals surface area contributed by atoms with Crippen LogP contribution in [0.2, 0.25) is 0 Å². The quantitative estimate of drug-likeness (QED) is 0.614. The summed E-state index contributed by atoms with van der Waals surface area (Å²) in [6.07, 6.45) is -0.632. The van der Waals surface area contributed by atoms with Gasteiger partial charge in [0, 0.05) is 39.9 Å². The summed E-state index contributed by atoms with van der Waals surface area (Å²) < 4.78 is 23.6. The van der Waals surface area contributed by atoms with Crippen LogP contribution in [0.4, 0.5) is 8.78 Å². The molecule has 0 spiro atoms. The average Bonchev–Trinajstić information content (AvgIpc) is 1.60. The number of nitrogens with zero attached hydrogens (tertiary/aromatic N) is 1. The van der Waals surface area contributed by atoms with E-state index in [0.717, 1.165) is 0 Å². The molecule has 1 fully saturated rings. The molecule has 0 unspecified atom stereocenters. The van der Waals surface area contributed by atoms with Crippen LogP contribution in [0, 0.1) is 57.2 Å². The van der Waals surface area contributed by atoms with Crippen LogP contribution < -0.4 is 0 Å². The Morgan fingerprint density at radius 2 is 1.89 bits per heavy atom. The van der Waals surface area contributed by atoms with E-state index in [4.69, 9.17) is 5.26 Å². The maximum absolute atomic E-state index is 11.8. The van der Waals surface area contributed by atoms with Crippen molar-refractivity contribution in [2.45, 2.75) is 18.8 Å². The molecule has 0 N–H and O–H groups in total. The summed E-state index contributed by atoms with van der Waals surface area (Å²) in [5, 5.41) is 8.00. The van der Waals surface area contributed by atoms with Gasteiger partial charge in [-0.15, -0.1) is 6.07 Å². The topological polar surface area (TPSA) is 23.8 Å². The first-order chi connectivity index (χ1) is 3.64. The van der Waals surface area contributed by atoms with Crippen molar-refractivity contribution in [1.82, 2.24) is 0 Å². The van der Waals surface area contributed by atoms with Crippen LogP contribution in [-0.4, -0.2) is 5.92 Å². The Bertz CT molecular complexity index is 132. The largest absolute Gasteiger partial charge is 0.266 e. The molecule has 1 aliphatic rings. The van der Waals surface area contributed by atoms with Gasteiger partial charge in [0.05, 0.1) is 0 Å². The molecule has 1 aliphatic carbocycles. The van der Waals surface area contributed by atoms with Gasteiger partial charge in [-0.05, 0) is 0 Å². The fraction of sp³-hybridized carbons (Fsp3) is 0.600. The van der Waals surface area contributed by atoms with Crippen LogP contribution in [-0.2, 0) is 0 Å². The fourth-order valence-corrected chi connectivity index (χ4v) is 0.652. The third-order valence-corrected chi connectivity index (χ3v) is 1.10. The molecule has 0 aliphatic heterocycles. The monoisotopic (exact) mass is 274 g/mol. The maximum Gasteiger partial charge on any atom is 0.201 e. The van der Waals surface area contributed by atoms with E-state index in [1.54, 1.807) is 6.07 Å². The Morgan fingerprint density at radius 1 is 1.44 bits per heavy atom. The van der Waals surface area contributed by atoms with E-state index in [-0.39, 0.29) is 52.8 Å². The molecule has 9 heavy (non-hydrogen) atoms. The van der Waals surface area contributed by atoms with Crippen molar-refractivity contribution in [3.05, 3.63) is 5.92 Å². The van der Waals surface area contributed by atoms with Crippen LogP contribution in [0.15, 0.2) is 0 Å². The minimum atomic E-state index is -2.56. The molecule has 1 nitrogen and oxygen atoms in total. The number of hydrogen-bond donors (Lipinski definition) is 0. The summed E-state index contributed by atoms with van der Waals surface area (Å²) >= 11 is 0. The van der Waals surface area contributed by atoms with Gasteiger partial charge in [0.2, 0.25) is 5.92 Å². The van der Waals surface area contributed by atoms with Crippen LogP contribution in [0.25, 0.3) is 0 Å². The average molecular weight is 273 g/mol. The van der Waals surface area contributed by atoms with Crippen molar-refractivity contribution in [2.75, 3.05) is 0 Å². The summed E-state index contributed by atoms with van der Waals surface area (Å²) in [7, 11) is 0. The molecule has 0 bridgehead atoms. The van der Waals surface area contributed by atoms with E-state index in [1.807, 2.05) is 0 Å². The van der Waals surface area contributed by atoms with Gasteiger partial charge in [-0.1, -0.05) is 12.8 Å². The van der Waals surface area contributed by atoms with Crippen molar-refractivity contribution in [3.8, 4) is 6.07 Å². The molecule has 0 aromatic carbocycles. The number of alkyl halides is 2. The van der Waals surface area contributed by atoms with E-state index in [2.05, 4.69) is 0 Å². The van der Waals surface area contributed by atoms with Gasteiger partial charge in [0.1, 0.15) is 0 Å². The number of hydrogen-bond acceptors (Lipinski definition) is 1. The zero-order valence-corrected chi connectivity index (χ0v) is 6.74. The minimum absolute atomic E-state index is 0. The normalized spacial score (nSPS) is 21.2. The standard InChI is InChI=1S/C5H4F2N.Gd/c6-5(7)1-4(2-5)3-8;/h1-2H2;/q-1;. The van der Waals surface area contributed by atoms with Crippen molar-refractivity contribution >= 4 is 0 Å². The zero-order chi connectivity index (χ0) is 6.20. The summed E-state index contributed by atoms with van der Waals surface area (Å²) in [6, 6.07) is 1.69. The summed E-state index contributed by atoms with van der Waals surface area (Å²) in [5.74, 6) is -2.25. The third-order valence-electron chi connectivity index (χ3n) is 1.10. The Labute approximate surface area is 84.1 Å². The van der Waals surface area contributed by atoms with Crippen molar-refractivity contribution in [3.63, 3.8) is 0 Å². The second-order valence-electron chi connectivity index (χ2n) is 1.92. The smallest absolute Gasteiger partial charge is 0.201 e. The van der Waals surface area contributed by atoms with Gasteiger partial charge < -0.3 is 0 Å². The summed E-state index contributed by atoms with van der Waals surface area (Å²) in [4.78, 5) is 0. The molecular formula is C5H4F2GdN-. The molecule has 52 valence electrons. The molecule has 4 heteroatoms. The van der Waals surface area contributed by atoms with Gasteiger partial charge in [0.15, 0.2) is 0 Å². The van der Waals surface area contributed by atoms with Gasteiger partial charge in [-0.25, -0.2) is 14.0 Å². The van der Waals surface area contributed by atoms with Crippen LogP contribution in [0.5, 0.6) is 0 Å². The minimum Gasteiger partial charge on any atom is -0.266 e. The third kappa shape index (κ3) is 2.33. The Hall–Kier alpha value is 0.545.